The quantitative estimate of drug-likeness (QED) is 0.591. The van der Waals surface area contributed by atoms with Crippen LogP contribution in [0.5, 0.6) is 0 Å². The van der Waals surface area contributed by atoms with Crippen LogP contribution in [0.4, 0.5) is 0 Å². The Morgan fingerprint density at radius 3 is 2.83 bits per heavy atom. The molecule has 1 atom stereocenters. The number of carbonyl (C=O) groups is 2. The SMILES string of the molecule is COCC(=O)N1CCC[C@@H](C(=O)NCCSc2ccc(Cl)cc2)C1. The van der Waals surface area contributed by atoms with Crippen molar-refractivity contribution in [1.29, 1.82) is 0 Å². The van der Waals surface area contributed by atoms with Gasteiger partial charge in [0.25, 0.3) is 0 Å². The zero-order valence-electron chi connectivity index (χ0n) is 13.8. The van der Waals surface area contributed by atoms with Gasteiger partial charge in [-0.05, 0) is 37.1 Å². The third kappa shape index (κ3) is 6.00. The highest BCUT2D eigenvalue weighted by atomic mass is 35.5. The van der Waals surface area contributed by atoms with Crippen LogP contribution in [0.25, 0.3) is 0 Å². The van der Waals surface area contributed by atoms with Crippen LogP contribution >= 0.6 is 23.4 Å². The largest absolute Gasteiger partial charge is 0.375 e. The molecule has 2 rings (SSSR count). The number of benzene rings is 1. The van der Waals surface area contributed by atoms with Crippen molar-refractivity contribution in [3.05, 3.63) is 29.3 Å². The second-order valence-corrected chi connectivity index (χ2v) is 7.31. The molecule has 1 aliphatic heterocycles. The smallest absolute Gasteiger partial charge is 0.248 e. The van der Waals surface area contributed by atoms with Crippen LogP contribution in [0.15, 0.2) is 29.2 Å². The minimum absolute atomic E-state index is 0.0293. The van der Waals surface area contributed by atoms with E-state index in [1.807, 2.05) is 24.3 Å². The molecule has 0 aliphatic carbocycles. The first-order chi connectivity index (χ1) is 11.6. The monoisotopic (exact) mass is 370 g/mol. The molecule has 1 aromatic carbocycles. The number of carbonyl (C=O) groups excluding carboxylic acids is 2. The van der Waals surface area contributed by atoms with Crippen LogP contribution in [0.1, 0.15) is 12.8 Å². The number of piperidine rings is 1. The average Bonchev–Trinajstić information content (AvgIpc) is 2.60. The van der Waals surface area contributed by atoms with E-state index in [0.717, 1.165) is 28.5 Å². The summed E-state index contributed by atoms with van der Waals surface area (Å²) >= 11 is 7.53. The standard InChI is InChI=1S/C17H23ClN2O3S/c1-23-12-16(21)20-9-2-3-13(11-20)17(22)19-8-10-24-15-6-4-14(18)5-7-15/h4-7,13H,2-3,8-12H2,1H3,(H,19,22)/t13-/m1/s1. The molecule has 1 heterocycles. The Morgan fingerprint density at radius 1 is 1.38 bits per heavy atom. The van der Waals surface area contributed by atoms with E-state index in [-0.39, 0.29) is 24.3 Å². The van der Waals surface area contributed by atoms with E-state index >= 15 is 0 Å². The molecule has 1 saturated heterocycles. The summed E-state index contributed by atoms with van der Waals surface area (Å²) in [5.74, 6) is 0.655. The van der Waals surface area contributed by atoms with Crippen molar-refractivity contribution in [2.45, 2.75) is 17.7 Å². The van der Waals surface area contributed by atoms with Gasteiger partial charge in [-0.25, -0.2) is 0 Å². The van der Waals surface area contributed by atoms with Crippen LogP contribution in [-0.4, -0.2) is 55.8 Å². The minimum atomic E-state index is -0.125. The van der Waals surface area contributed by atoms with Crippen molar-refractivity contribution >= 4 is 35.2 Å². The highest BCUT2D eigenvalue weighted by Crippen LogP contribution is 2.20. The molecule has 2 amide bonds. The minimum Gasteiger partial charge on any atom is -0.375 e. The zero-order chi connectivity index (χ0) is 17.4. The molecule has 132 valence electrons. The Bertz CT molecular complexity index is 553. The van der Waals surface area contributed by atoms with Crippen LogP contribution in [0.2, 0.25) is 5.02 Å². The molecule has 5 nitrogen and oxygen atoms in total. The number of methoxy groups -OCH3 is 1. The molecule has 1 fully saturated rings. The second kappa shape index (κ2) is 9.91. The number of amides is 2. The Morgan fingerprint density at radius 2 is 2.12 bits per heavy atom. The van der Waals surface area contributed by atoms with Gasteiger partial charge in [0.2, 0.25) is 11.8 Å². The molecule has 0 saturated carbocycles. The lowest BCUT2D eigenvalue weighted by molar-refractivity contribution is -0.138. The molecule has 0 unspecified atom stereocenters. The summed E-state index contributed by atoms with van der Waals surface area (Å²) in [6.07, 6.45) is 1.68. The summed E-state index contributed by atoms with van der Waals surface area (Å²) in [4.78, 5) is 27.0. The lowest BCUT2D eigenvalue weighted by Crippen LogP contribution is -2.46. The molecule has 0 bridgehead atoms. The maximum atomic E-state index is 12.3. The molecule has 0 spiro atoms. The number of halogens is 1. The lowest BCUT2D eigenvalue weighted by Gasteiger charge is -2.31. The first-order valence-corrected chi connectivity index (χ1v) is 9.39. The maximum absolute atomic E-state index is 12.3. The van der Waals surface area contributed by atoms with Crippen molar-refractivity contribution in [2.75, 3.05) is 39.1 Å². The fraction of sp³-hybridized carbons (Fsp3) is 0.529. The average molecular weight is 371 g/mol. The van der Waals surface area contributed by atoms with Gasteiger partial charge in [0.05, 0.1) is 5.92 Å². The van der Waals surface area contributed by atoms with Gasteiger partial charge >= 0.3 is 0 Å². The molecular formula is C17H23ClN2O3S. The molecule has 7 heteroatoms. The van der Waals surface area contributed by atoms with Crippen molar-refractivity contribution in [2.24, 2.45) is 5.92 Å². The van der Waals surface area contributed by atoms with Crippen molar-refractivity contribution in [3.8, 4) is 0 Å². The number of likely N-dealkylation sites (tertiary alicyclic amines) is 1. The Labute approximate surface area is 152 Å². The van der Waals surface area contributed by atoms with Gasteiger partial charge in [0, 0.05) is 42.4 Å². The van der Waals surface area contributed by atoms with Gasteiger partial charge in [0.15, 0.2) is 0 Å². The first kappa shape index (κ1) is 19.1. The number of rotatable bonds is 7. The summed E-state index contributed by atoms with van der Waals surface area (Å²) in [6.45, 7) is 1.87. The van der Waals surface area contributed by atoms with E-state index in [4.69, 9.17) is 16.3 Å². The van der Waals surface area contributed by atoms with E-state index in [9.17, 15) is 9.59 Å². The maximum Gasteiger partial charge on any atom is 0.248 e. The van der Waals surface area contributed by atoms with Crippen LogP contribution in [0, 0.1) is 5.92 Å². The molecular weight excluding hydrogens is 348 g/mol. The number of ether oxygens (including phenoxy) is 1. The van der Waals surface area contributed by atoms with Crippen LogP contribution in [0.3, 0.4) is 0 Å². The van der Waals surface area contributed by atoms with E-state index in [1.54, 1.807) is 16.7 Å². The third-order valence-electron chi connectivity index (χ3n) is 3.90. The first-order valence-electron chi connectivity index (χ1n) is 8.03. The lowest BCUT2D eigenvalue weighted by atomic mass is 9.97. The van der Waals surface area contributed by atoms with Crippen LogP contribution < -0.4 is 5.32 Å². The second-order valence-electron chi connectivity index (χ2n) is 5.71. The molecule has 1 aromatic rings. The highest BCUT2D eigenvalue weighted by molar-refractivity contribution is 7.99. The number of hydrogen-bond acceptors (Lipinski definition) is 4. The summed E-state index contributed by atoms with van der Waals surface area (Å²) in [5.41, 5.74) is 0. The zero-order valence-corrected chi connectivity index (χ0v) is 15.4. The fourth-order valence-electron chi connectivity index (χ4n) is 2.65. The molecule has 1 aliphatic rings. The normalized spacial score (nSPS) is 17.6. The Balaban J connectivity index is 1.69. The Hall–Kier alpha value is -1.24. The molecule has 1 N–H and O–H groups in total. The summed E-state index contributed by atoms with van der Waals surface area (Å²) in [5, 5.41) is 3.69. The summed E-state index contributed by atoms with van der Waals surface area (Å²) in [6, 6.07) is 7.65. The molecule has 0 aromatic heterocycles. The van der Waals surface area contributed by atoms with E-state index < -0.39 is 0 Å². The van der Waals surface area contributed by atoms with Crippen LogP contribution in [-0.2, 0) is 14.3 Å². The van der Waals surface area contributed by atoms with Crippen molar-refractivity contribution < 1.29 is 14.3 Å². The van der Waals surface area contributed by atoms with Crippen molar-refractivity contribution in [1.82, 2.24) is 10.2 Å². The van der Waals surface area contributed by atoms with E-state index in [2.05, 4.69) is 5.32 Å². The van der Waals surface area contributed by atoms with E-state index in [1.165, 1.54) is 7.11 Å². The van der Waals surface area contributed by atoms with Gasteiger partial charge in [-0.3, -0.25) is 9.59 Å². The van der Waals surface area contributed by atoms with Gasteiger partial charge in [0.1, 0.15) is 6.61 Å². The summed E-state index contributed by atoms with van der Waals surface area (Å²) in [7, 11) is 1.50. The molecule has 0 radical (unpaired) electrons. The third-order valence-corrected chi connectivity index (χ3v) is 5.16. The number of hydrogen-bond donors (Lipinski definition) is 1. The molecule has 24 heavy (non-hydrogen) atoms. The van der Waals surface area contributed by atoms with Gasteiger partial charge < -0.3 is 15.0 Å². The topological polar surface area (TPSA) is 58.6 Å². The van der Waals surface area contributed by atoms with E-state index in [0.29, 0.717) is 19.6 Å². The number of nitrogens with one attached hydrogen (secondary N) is 1. The van der Waals surface area contributed by atoms with Gasteiger partial charge in [-0.2, -0.15) is 0 Å². The number of thioether (sulfide) groups is 1. The Kier molecular flexibility index (Phi) is 7.88. The fourth-order valence-corrected chi connectivity index (χ4v) is 3.55. The van der Waals surface area contributed by atoms with Gasteiger partial charge in [-0.1, -0.05) is 11.6 Å². The number of nitrogens with zero attached hydrogens (tertiary/aromatic N) is 1. The van der Waals surface area contributed by atoms with Crippen molar-refractivity contribution in [3.63, 3.8) is 0 Å². The van der Waals surface area contributed by atoms with Gasteiger partial charge in [-0.15, -0.1) is 11.8 Å². The summed E-state index contributed by atoms with van der Waals surface area (Å²) < 4.78 is 4.88. The predicted molar refractivity (Wildman–Crippen MR) is 96.4 cm³/mol. The predicted octanol–water partition coefficient (Wildman–Crippen LogP) is 2.43. The highest BCUT2D eigenvalue weighted by Gasteiger charge is 2.27.